The summed E-state index contributed by atoms with van der Waals surface area (Å²) in [5.41, 5.74) is 1.08. The minimum atomic E-state index is -5.05. The normalized spacial score (nSPS) is 13.1. The second kappa shape index (κ2) is 5.70. The predicted octanol–water partition coefficient (Wildman–Crippen LogP) is 2.53. The molecule has 5 nitrogen and oxygen atoms in total. The van der Waals surface area contributed by atoms with Gasteiger partial charge in [-0.1, -0.05) is 18.2 Å². The number of carboxylic acid groups (broad SMARTS) is 1. The molecule has 0 aliphatic carbocycles. The van der Waals surface area contributed by atoms with Crippen molar-refractivity contribution in [2.75, 3.05) is 0 Å². The number of nitrogens with zero attached hydrogens (tertiary/aromatic N) is 1. The summed E-state index contributed by atoms with van der Waals surface area (Å²) >= 11 is 0. The predicted molar refractivity (Wildman–Crippen MR) is 72.0 cm³/mol. The average molecular weight is 314 g/mol. The number of amides is 1. The number of aromatic amines is 1. The largest absolute Gasteiger partial charge is 0.487 e. The van der Waals surface area contributed by atoms with Crippen LogP contribution in [0.3, 0.4) is 0 Å². The van der Waals surface area contributed by atoms with Gasteiger partial charge in [0.15, 0.2) is 0 Å². The zero-order valence-electron chi connectivity index (χ0n) is 11.5. The van der Waals surface area contributed by atoms with Crippen LogP contribution in [-0.2, 0) is 16.0 Å². The monoisotopic (exact) mass is 314 g/mol. The van der Waals surface area contributed by atoms with Crippen molar-refractivity contribution in [3.8, 4) is 0 Å². The van der Waals surface area contributed by atoms with Gasteiger partial charge in [-0.05, 0) is 11.6 Å². The molecule has 0 radical (unpaired) electrons. The van der Waals surface area contributed by atoms with E-state index in [-0.39, 0.29) is 0 Å². The van der Waals surface area contributed by atoms with E-state index in [4.69, 9.17) is 5.11 Å². The number of halogens is 3. The highest BCUT2D eigenvalue weighted by atomic mass is 19.4. The fourth-order valence-corrected chi connectivity index (χ4v) is 2.37. The Morgan fingerprint density at radius 1 is 1.32 bits per heavy atom. The minimum Gasteiger partial charge on any atom is -0.480 e. The Balaban J connectivity index is 2.41. The number of aliphatic carboxylic acids is 1. The molecule has 1 heterocycles. The van der Waals surface area contributed by atoms with E-state index >= 15 is 0 Å². The maximum absolute atomic E-state index is 13.0. The first-order chi connectivity index (χ1) is 10.2. The lowest BCUT2D eigenvalue weighted by molar-refractivity contribution is -0.251. The Bertz CT molecular complexity index is 709. The Labute approximate surface area is 123 Å². The van der Waals surface area contributed by atoms with Gasteiger partial charge in [0.25, 0.3) is 0 Å². The number of rotatable bonds is 4. The summed E-state index contributed by atoms with van der Waals surface area (Å²) in [6, 6.07) is 4.82. The molecule has 1 aromatic carbocycles. The van der Waals surface area contributed by atoms with Crippen LogP contribution in [0.25, 0.3) is 10.9 Å². The summed E-state index contributed by atoms with van der Waals surface area (Å²) in [4.78, 5) is 24.8. The Kier molecular flexibility index (Phi) is 4.11. The van der Waals surface area contributed by atoms with Gasteiger partial charge in [0.2, 0.25) is 5.91 Å². The van der Waals surface area contributed by atoms with Crippen molar-refractivity contribution < 1.29 is 27.9 Å². The first-order valence-corrected chi connectivity index (χ1v) is 6.36. The molecule has 0 unspecified atom stereocenters. The number of aromatic nitrogens is 1. The van der Waals surface area contributed by atoms with Crippen molar-refractivity contribution in [1.82, 2.24) is 9.88 Å². The maximum atomic E-state index is 13.0. The fraction of sp³-hybridized carbons (Fsp3) is 0.286. The SMILES string of the molecule is CC(=O)N([C@@H](Cc1c[nH]c2ccccc12)C(=O)O)C(F)(F)F. The Hall–Kier alpha value is -2.51. The number of nitrogens with one attached hydrogen (secondary N) is 1. The van der Waals surface area contributed by atoms with Gasteiger partial charge in [-0.15, -0.1) is 13.2 Å². The van der Waals surface area contributed by atoms with Crippen molar-refractivity contribution >= 4 is 22.8 Å². The zero-order chi connectivity index (χ0) is 16.5. The van der Waals surface area contributed by atoms with E-state index in [1.807, 2.05) is 0 Å². The van der Waals surface area contributed by atoms with E-state index in [2.05, 4.69) is 4.98 Å². The molecule has 118 valence electrons. The summed E-state index contributed by atoms with van der Waals surface area (Å²) < 4.78 is 38.9. The second-order valence-electron chi connectivity index (χ2n) is 4.77. The van der Waals surface area contributed by atoms with E-state index in [0.29, 0.717) is 23.4 Å². The molecular formula is C14H13F3N2O3. The van der Waals surface area contributed by atoms with Crippen molar-refractivity contribution in [2.45, 2.75) is 25.7 Å². The molecule has 1 aromatic heterocycles. The van der Waals surface area contributed by atoms with Gasteiger partial charge >= 0.3 is 12.3 Å². The molecule has 0 bridgehead atoms. The van der Waals surface area contributed by atoms with E-state index in [1.165, 1.54) is 6.20 Å². The quantitative estimate of drug-likeness (QED) is 0.852. The summed E-state index contributed by atoms with van der Waals surface area (Å²) in [5.74, 6) is -3.07. The summed E-state index contributed by atoms with van der Waals surface area (Å²) in [6.07, 6.45) is -4.05. The number of H-pyrrole nitrogens is 1. The molecule has 0 saturated heterocycles. The smallest absolute Gasteiger partial charge is 0.480 e. The van der Waals surface area contributed by atoms with Crippen LogP contribution < -0.4 is 0 Å². The van der Waals surface area contributed by atoms with E-state index in [0.717, 1.165) is 0 Å². The highest BCUT2D eigenvalue weighted by Crippen LogP contribution is 2.28. The number of hydrogen-bond acceptors (Lipinski definition) is 2. The van der Waals surface area contributed by atoms with Gasteiger partial charge in [0, 0.05) is 30.4 Å². The fourth-order valence-electron chi connectivity index (χ4n) is 2.37. The summed E-state index contributed by atoms with van der Waals surface area (Å²) in [7, 11) is 0. The molecular weight excluding hydrogens is 301 g/mol. The highest BCUT2D eigenvalue weighted by Gasteiger charge is 2.46. The molecule has 2 rings (SSSR count). The van der Waals surface area contributed by atoms with Gasteiger partial charge in [-0.25, -0.2) is 9.69 Å². The standard InChI is InChI=1S/C14H13F3N2O3/c1-8(20)19(14(15,16)17)12(13(21)22)6-9-7-18-11-5-3-2-4-10(9)11/h2-5,7,12,18H,6H2,1H3,(H,21,22)/t12-/m0/s1. The molecule has 0 aliphatic rings. The lowest BCUT2D eigenvalue weighted by Gasteiger charge is -2.29. The van der Waals surface area contributed by atoms with E-state index < -0.39 is 35.5 Å². The molecule has 0 fully saturated rings. The molecule has 22 heavy (non-hydrogen) atoms. The summed E-state index contributed by atoms with van der Waals surface area (Å²) in [5, 5.41) is 9.75. The van der Waals surface area contributed by atoms with E-state index in [1.54, 1.807) is 24.3 Å². The molecule has 0 spiro atoms. The van der Waals surface area contributed by atoms with Crippen molar-refractivity contribution in [1.29, 1.82) is 0 Å². The van der Waals surface area contributed by atoms with Gasteiger partial charge in [0.05, 0.1) is 0 Å². The maximum Gasteiger partial charge on any atom is 0.487 e. The molecule has 0 saturated carbocycles. The van der Waals surface area contributed by atoms with Crippen molar-refractivity contribution in [3.05, 3.63) is 36.0 Å². The minimum absolute atomic E-state index is 0.401. The van der Waals surface area contributed by atoms with Crippen LogP contribution in [0, 0.1) is 0 Å². The first-order valence-electron chi connectivity index (χ1n) is 6.36. The van der Waals surface area contributed by atoms with Gasteiger partial charge in [-0.3, -0.25) is 4.79 Å². The molecule has 8 heteroatoms. The van der Waals surface area contributed by atoms with Crippen molar-refractivity contribution in [2.24, 2.45) is 0 Å². The number of carbonyl (C=O) groups is 2. The first kappa shape index (κ1) is 15.9. The number of fused-ring (bicyclic) bond motifs is 1. The van der Waals surface area contributed by atoms with Crippen LogP contribution in [0.4, 0.5) is 13.2 Å². The van der Waals surface area contributed by atoms with Crippen LogP contribution >= 0.6 is 0 Å². The number of para-hydroxylation sites is 1. The molecule has 1 atom stereocenters. The topological polar surface area (TPSA) is 73.4 Å². The van der Waals surface area contributed by atoms with Crippen LogP contribution in [0.5, 0.6) is 0 Å². The third kappa shape index (κ3) is 3.05. The van der Waals surface area contributed by atoms with Gasteiger partial charge in [0.1, 0.15) is 6.04 Å². The second-order valence-corrected chi connectivity index (χ2v) is 4.77. The molecule has 0 aliphatic heterocycles. The van der Waals surface area contributed by atoms with E-state index in [9.17, 15) is 22.8 Å². The highest BCUT2D eigenvalue weighted by molar-refractivity contribution is 5.86. The molecule has 2 aromatic rings. The lowest BCUT2D eigenvalue weighted by Crippen LogP contribution is -2.52. The van der Waals surface area contributed by atoms with Crippen LogP contribution in [-0.4, -0.2) is 39.2 Å². The van der Waals surface area contributed by atoms with Gasteiger partial charge in [-0.2, -0.15) is 0 Å². The number of carbonyl (C=O) groups excluding carboxylic acids is 1. The lowest BCUT2D eigenvalue weighted by atomic mass is 10.0. The van der Waals surface area contributed by atoms with Crippen LogP contribution in [0.15, 0.2) is 30.5 Å². The third-order valence-corrected chi connectivity index (χ3v) is 3.30. The summed E-state index contributed by atoms with van der Waals surface area (Å²) in [6.45, 7) is 0.693. The third-order valence-electron chi connectivity index (χ3n) is 3.30. The molecule has 1 amide bonds. The molecule has 2 N–H and O–H groups in total. The average Bonchev–Trinajstić information content (AvgIpc) is 2.79. The van der Waals surface area contributed by atoms with Crippen LogP contribution in [0.1, 0.15) is 12.5 Å². The van der Waals surface area contributed by atoms with Crippen molar-refractivity contribution in [3.63, 3.8) is 0 Å². The number of benzene rings is 1. The van der Waals surface area contributed by atoms with Gasteiger partial charge < -0.3 is 10.1 Å². The van der Waals surface area contributed by atoms with Crippen LogP contribution in [0.2, 0.25) is 0 Å². The number of alkyl halides is 3. The number of carboxylic acids is 1. The zero-order valence-corrected chi connectivity index (χ0v) is 11.5. The Morgan fingerprint density at radius 2 is 1.95 bits per heavy atom. The Morgan fingerprint density at radius 3 is 2.50 bits per heavy atom. The number of hydrogen-bond donors (Lipinski definition) is 2.